The molecule has 0 amide bonds. The molecule has 0 bridgehead atoms. The van der Waals surface area contributed by atoms with Gasteiger partial charge in [-0.05, 0) is 48.9 Å². The van der Waals surface area contributed by atoms with Crippen LogP contribution in [0.2, 0.25) is 0 Å². The molecule has 4 heterocycles. The largest absolute Gasteiger partial charge is 0.466 e. The quantitative estimate of drug-likeness (QED) is 0.0892. The highest BCUT2D eigenvalue weighted by Gasteiger charge is 2.13. The number of ether oxygens (including phenoxy) is 4. The maximum Gasteiger partial charge on any atom is 0.330 e. The molecule has 8 aromatic rings. The Morgan fingerprint density at radius 2 is 0.983 bits per heavy atom. The van der Waals surface area contributed by atoms with Crippen molar-refractivity contribution in [2.75, 3.05) is 24.9 Å². The normalized spacial score (nSPS) is 11.0. The van der Waals surface area contributed by atoms with Crippen LogP contribution in [-0.2, 0) is 19.1 Å². The molecule has 0 spiro atoms. The summed E-state index contributed by atoms with van der Waals surface area (Å²) < 4.78 is 21.9. The molecule has 4 aromatic carbocycles. The van der Waals surface area contributed by atoms with Crippen LogP contribution >= 0.6 is 22.7 Å². The van der Waals surface area contributed by atoms with Gasteiger partial charge in [-0.2, -0.15) is 0 Å². The Morgan fingerprint density at radius 3 is 1.38 bits per heavy atom. The van der Waals surface area contributed by atoms with Gasteiger partial charge < -0.3 is 29.6 Å². The Bertz CT molecular complexity index is 2650. The maximum absolute atomic E-state index is 11.6. The third kappa shape index (κ3) is 10.5. The van der Waals surface area contributed by atoms with Crippen molar-refractivity contribution in [3.8, 4) is 23.0 Å². The topological polar surface area (TPSA) is 147 Å². The van der Waals surface area contributed by atoms with E-state index in [1.54, 1.807) is 36.7 Å². The van der Waals surface area contributed by atoms with Crippen molar-refractivity contribution in [1.29, 1.82) is 0 Å². The molecule has 4 aromatic heterocycles. The molecule has 0 aliphatic heterocycles. The molecule has 2 N–H and O–H groups in total. The van der Waals surface area contributed by atoms with Crippen molar-refractivity contribution >= 4 is 90.2 Å². The average Bonchev–Trinajstić information content (AvgIpc) is 3.89. The number of pyridine rings is 2. The van der Waals surface area contributed by atoms with E-state index >= 15 is 0 Å². The molecule has 0 atom stereocenters. The number of fused-ring (bicyclic) bond motifs is 2. The van der Waals surface area contributed by atoms with Crippen LogP contribution in [0.3, 0.4) is 0 Å². The number of anilines is 4. The number of nitrogens with one attached hydrogen (secondary N) is 2. The lowest BCUT2D eigenvalue weighted by Gasteiger charge is -2.13. The number of rotatable bonds is 12. The summed E-state index contributed by atoms with van der Waals surface area (Å²) >= 11 is 3.00. The van der Waals surface area contributed by atoms with Gasteiger partial charge in [0.25, 0.3) is 0 Å². The molecule has 12 nitrogen and oxygen atoms in total. The Labute approximate surface area is 353 Å². The zero-order chi connectivity index (χ0) is 41.8. The van der Waals surface area contributed by atoms with E-state index in [1.807, 2.05) is 110 Å². The molecule has 300 valence electrons. The smallest absolute Gasteiger partial charge is 0.330 e. The summed E-state index contributed by atoms with van der Waals surface area (Å²) in [5.74, 6) is 2.81. The first-order chi connectivity index (χ1) is 29.2. The lowest BCUT2D eigenvalue weighted by molar-refractivity contribution is -0.135. The molecule has 8 rings (SSSR count). The number of methoxy groups -OCH3 is 2. The summed E-state index contributed by atoms with van der Waals surface area (Å²) in [6.45, 7) is 3.87. The molecule has 60 heavy (non-hydrogen) atoms. The van der Waals surface area contributed by atoms with Crippen LogP contribution in [-0.4, -0.2) is 46.1 Å². The molecule has 0 saturated heterocycles. The Hall–Kier alpha value is -7.42. The van der Waals surface area contributed by atoms with Crippen molar-refractivity contribution in [2.45, 2.75) is 13.8 Å². The SMILES string of the molecule is COC(=O)/C=C/c1cnc(Nc2nc(C)cs2)cc1Oc1cccc2ccccc12.COC(=O)/C=C\c1cnc(Nc2nc(C)cs2)cc1Oc1cccc2ccccc12. The van der Waals surface area contributed by atoms with Crippen LogP contribution in [0.1, 0.15) is 22.5 Å². The van der Waals surface area contributed by atoms with Crippen molar-refractivity contribution in [2.24, 2.45) is 0 Å². The number of hydrogen-bond acceptors (Lipinski definition) is 14. The number of benzene rings is 4. The first-order valence-corrected chi connectivity index (χ1v) is 20.2. The second kappa shape index (κ2) is 19.4. The van der Waals surface area contributed by atoms with Crippen molar-refractivity contribution in [3.63, 3.8) is 0 Å². The highest BCUT2D eigenvalue weighted by molar-refractivity contribution is 7.14. The van der Waals surface area contributed by atoms with Gasteiger partial charge in [-0.1, -0.05) is 72.8 Å². The fourth-order valence-corrected chi connectivity index (χ4v) is 7.15. The van der Waals surface area contributed by atoms with Crippen molar-refractivity contribution < 1.29 is 28.5 Å². The van der Waals surface area contributed by atoms with Crippen LogP contribution in [0, 0.1) is 13.8 Å². The average molecular weight is 835 g/mol. The van der Waals surface area contributed by atoms with Gasteiger partial charge in [-0.15, -0.1) is 22.7 Å². The number of nitrogens with zero attached hydrogens (tertiary/aromatic N) is 4. The number of thiazole rings is 2. The molecule has 0 unspecified atom stereocenters. The standard InChI is InChI=1S/2C23H19N3O3S/c2*1-15-14-30-23(25-15)26-21-12-20(17(13-24-21)10-11-22(27)28-2)29-19-9-5-7-16-6-3-4-8-18(16)19/h2*3-14H,1-2H3,(H,24,25,26)/b11-10+;11-10-. The first kappa shape index (κ1) is 40.8. The molecule has 0 fully saturated rings. The number of esters is 2. The van der Waals surface area contributed by atoms with E-state index in [4.69, 9.17) is 9.47 Å². The molecule has 14 heteroatoms. The molecular weight excluding hydrogens is 797 g/mol. The zero-order valence-corrected chi connectivity index (χ0v) is 34.5. The monoisotopic (exact) mass is 834 g/mol. The summed E-state index contributed by atoms with van der Waals surface area (Å²) in [6, 6.07) is 31.3. The van der Waals surface area contributed by atoms with E-state index in [9.17, 15) is 9.59 Å². The Morgan fingerprint density at radius 1 is 0.567 bits per heavy atom. The third-order valence-corrected chi connectivity index (χ3v) is 10.4. The zero-order valence-electron chi connectivity index (χ0n) is 32.9. The predicted molar refractivity (Wildman–Crippen MR) is 239 cm³/mol. The van der Waals surface area contributed by atoms with Gasteiger partial charge in [-0.25, -0.2) is 29.5 Å². The highest BCUT2D eigenvalue weighted by Crippen LogP contribution is 2.36. The molecule has 0 radical (unpaired) electrons. The second-order valence-electron chi connectivity index (χ2n) is 12.9. The summed E-state index contributed by atoms with van der Waals surface area (Å²) in [7, 11) is 2.67. The fraction of sp³-hybridized carbons (Fsp3) is 0.0870. The van der Waals surface area contributed by atoms with Crippen LogP contribution in [0.25, 0.3) is 33.7 Å². The minimum absolute atomic E-state index is 0.452. The number of carbonyl (C=O) groups is 2. The fourth-order valence-electron chi connectivity index (χ4n) is 5.76. The third-order valence-electron chi connectivity index (χ3n) is 8.64. The molecule has 0 saturated carbocycles. The van der Waals surface area contributed by atoms with Gasteiger partial charge in [0.1, 0.15) is 34.6 Å². The molecular formula is C46H38N6O6S2. The lowest BCUT2D eigenvalue weighted by atomic mass is 10.1. The van der Waals surface area contributed by atoms with Gasteiger partial charge in [0.2, 0.25) is 0 Å². The van der Waals surface area contributed by atoms with Crippen LogP contribution in [0.4, 0.5) is 21.9 Å². The summed E-state index contributed by atoms with van der Waals surface area (Å²) in [5, 5.41) is 15.9. The van der Waals surface area contributed by atoms with Crippen LogP contribution < -0.4 is 20.1 Å². The van der Waals surface area contributed by atoms with Crippen LogP contribution in [0.15, 0.2) is 132 Å². The van der Waals surface area contributed by atoms with Gasteiger partial charge >= 0.3 is 11.9 Å². The van der Waals surface area contributed by atoms with Crippen molar-refractivity contribution in [1.82, 2.24) is 19.9 Å². The lowest BCUT2D eigenvalue weighted by Crippen LogP contribution is -1.97. The predicted octanol–water partition coefficient (Wildman–Crippen LogP) is 11.4. The van der Waals surface area contributed by atoms with Crippen LogP contribution in [0.5, 0.6) is 23.0 Å². The minimum Gasteiger partial charge on any atom is -0.466 e. The van der Waals surface area contributed by atoms with Gasteiger partial charge in [0.15, 0.2) is 10.3 Å². The van der Waals surface area contributed by atoms with E-state index in [0.29, 0.717) is 45.8 Å². The van der Waals surface area contributed by atoms with Gasteiger partial charge in [0, 0.05) is 69.3 Å². The first-order valence-electron chi connectivity index (χ1n) is 18.5. The number of aryl methyl sites for hydroxylation is 2. The van der Waals surface area contributed by atoms with E-state index in [0.717, 1.165) is 43.2 Å². The number of carbonyl (C=O) groups excluding carboxylic acids is 2. The molecule has 0 aliphatic rings. The second-order valence-corrected chi connectivity index (χ2v) is 14.6. The van der Waals surface area contributed by atoms with E-state index < -0.39 is 11.9 Å². The Kier molecular flexibility index (Phi) is 13.1. The van der Waals surface area contributed by atoms with E-state index in [-0.39, 0.29) is 0 Å². The van der Waals surface area contributed by atoms with Gasteiger partial charge in [-0.3, -0.25) is 0 Å². The Balaban J connectivity index is 0.000000181. The molecule has 0 aliphatic carbocycles. The summed E-state index contributed by atoms with van der Waals surface area (Å²) in [6.07, 6.45) is 9.20. The van der Waals surface area contributed by atoms with E-state index in [2.05, 4.69) is 40.0 Å². The highest BCUT2D eigenvalue weighted by atomic mass is 32.1. The number of aromatic nitrogens is 4. The van der Waals surface area contributed by atoms with E-state index in [1.165, 1.54) is 49.0 Å². The van der Waals surface area contributed by atoms with Gasteiger partial charge in [0.05, 0.1) is 25.6 Å². The number of hydrogen-bond donors (Lipinski definition) is 2. The summed E-state index contributed by atoms with van der Waals surface area (Å²) in [4.78, 5) is 40.8. The maximum atomic E-state index is 11.6. The summed E-state index contributed by atoms with van der Waals surface area (Å²) in [5.41, 5.74) is 3.17. The minimum atomic E-state index is -0.452. The van der Waals surface area contributed by atoms with Crippen molar-refractivity contribution in [3.05, 3.63) is 155 Å².